The molecule has 7 heteroatoms. The van der Waals surface area contributed by atoms with E-state index in [9.17, 15) is 8.42 Å². The molecule has 2 rings (SSSR count). The lowest BCUT2D eigenvalue weighted by Gasteiger charge is -2.15. The lowest BCUT2D eigenvalue weighted by Crippen LogP contribution is -2.31. The fourth-order valence-electron chi connectivity index (χ4n) is 1.87. The van der Waals surface area contributed by atoms with Crippen LogP contribution in [0, 0.1) is 5.41 Å². The lowest BCUT2D eigenvalue weighted by atomic mass is 10.1. The molecule has 0 atom stereocenters. The first-order valence-electron chi connectivity index (χ1n) is 5.93. The van der Waals surface area contributed by atoms with E-state index in [1.165, 1.54) is 18.5 Å². The molecule has 0 spiro atoms. The summed E-state index contributed by atoms with van der Waals surface area (Å²) < 4.78 is 27.0. The van der Waals surface area contributed by atoms with Crippen molar-refractivity contribution in [3.8, 4) is 0 Å². The number of rotatable bonds is 6. The Kier molecular flexibility index (Phi) is 3.56. The molecular formula is C11H18N4O2S. The van der Waals surface area contributed by atoms with Gasteiger partial charge in [0.05, 0.1) is 5.69 Å². The molecule has 0 radical (unpaired) electrons. The minimum atomic E-state index is -3.56. The maximum atomic E-state index is 12.2. The summed E-state index contributed by atoms with van der Waals surface area (Å²) >= 11 is 0. The van der Waals surface area contributed by atoms with E-state index in [0.717, 1.165) is 19.3 Å². The maximum absolute atomic E-state index is 12.2. The molecule has 0 saturated heterocycles. The molecule has 18 heavy (non-hydrogen) atoms. The number of anilines is 1. The Bertz CT molecular complexity index is 526. The number of hydrogen-bond acceptors (Lipinski definition) is 5. The molecule has 0 aromatic carbocycles. The molecule has 1 aromatic heterocycles. The zero-order valence-corrected chi connectivity index (χ0v) is 11.1. The van der Waals surface area contributed by atoms with E-state index >= 15 is 0 Å². The van der Waals surface area contributed by atoms with Crippen LogP contribution in [-0.2, 0) is 10.0 Å². The normalized spacial score (nSPS) is 17.4. The van der Waals surface area contributed by atoms with Gasteiger partial charge in [0.1, 0.15) is 4.90 Å². The zero-order valence-electron chi connectivity index (χ0n) is 10.3. The SMILES string of the molecule is CCC1(CNS(=O)(=O)c2cnccc2NN)CC1. The number of hydrogen-bond donors (Lipinski definition) is 3. The molecule has 1 aliphatic rings. The van der Waals surface area contributed by atoms with Gasteiger partial charge < -0.3 is 5.43 Å². The number of sulfonamides is 1. The molecule has 0 aliphatic heterocycles. The quantitative estimate of drug-likeness (QED) is 0.525. The van der Waals surface area contributed by atoms with Crippen molar-refractivity contribution >= 4 is 15.7 Å². The van der Waals surface area contributed by atoms with Crippen LogP contribution in [0.15, 0.2) is 23.4 Å². The standard InChI is InChI=1S/C11H18N4O2S/c1-2-11(4-5-11)8-14-18(16,17)10-7-13-6-3-9(10)15-12/h3,6-7,14H,2,4-5,8,12H2,1H3,(H,13,15). The Morgan fingerprint density at radius 2 is 2.22 bits per heavy atom. The van der Waals surface area contributed by atoms with E-state index in [-0.39, 0.29) is 10.3 Å². The third-order valence-corrected chi connectivity index (χ3v) is 5.00. The molecule has 1 aromatic rings. The van der Waals surface area contributed by atoms with Crippen LogP contribution in [0.1, 0.15) is 26.2 Å². The molecule has 1 fully saturated rings. The van der Waals surface area contributed by atoms with E-state index in [2.05, 4.69) is 22.1 Å². The summed E-state index contributed by atoms with van der Waals surface area (Å²) in [7, 11) is -3.56. The molecule has 1 aliphatic carbocycles. The van der Waals surface area contributed by atoms with Crippen LogP contribution in [0.2, 0.25) is 0 Å². The maximum Gasteiger partial charge on any atom is 0.244 e. The minimum absolute atomic E-state index is 0.0828. The molecule has 0 unspecified atom stereocenters. The van der Waals surface area contributed by atoms with E-state index in [0.29, 0.717) is 12.2 Å². The van der Waals surface area contributed by atoms with Crippen LogP contribution in [-0.4, -0.2) is 19.9 Å². The van der Waals surface area contributed by atoms with Crippen molar-refractivity contribution in [1.29, 1.82) is 0 Å². The van der Waals surface area contributed by atoms with Crippen molar-refractivity contribution in [2.24, 2.45) is 11.3 Å². The van der Waals surface area contributed by atoms with Crippen LogP contribution >= 0.6 is 0 Å². The van der Waals surface area contributed by atoms with E-state index in [1.54, 1.807) is 0 Å². The van der Waals surface area contributed by atoms with Crippen molar-refractivity contribution in [3.63, 3.8) is 0 Å². The average molecular weight is 270 g/mol. The van der Waals surface area contributed by atoms with Crippen molar-refractivity contribution in [2.75, 3.05) is 12.0 Å². The number of nitrogens with one attached hydrogen (secondary N) is 2. The second-order valence-corrected chi connectivity index (χ2v) is 6.43. The third-order valence-electron chi connectivity index (χ3n) is 3.57. The largest absolute Gasteiger partial charge is 0.323 e. The molecular weight excluding hydrogens is 252 g/mol. The molecule has 100 valence electrons. The molecule has 4 N–H and O–H groups in total. The van der Waals surface area contributed by atoms with Gasteiger partial charge in [-0.25, -0.2) is 13.1 Å². The summed E-state index contributed by atoms with van der Waals surface area (Å²) in [5, 5.41) is 0. The van der Waals surface area contributed by atoms with E-state index < -0.39 is 10.0 Å². The Balaban J connectivity index is 2.15. The molecule has 6 nitrogen and oxygen atoms in total. The van der Waals surface area contributed by atoms with Gasteiger partial charge in [-0.15, -0.1) is 0 Å². The number of nitrogen functional groups attached to an aromatic ring is 1. The van der Waals surface area contributed by atoms with Crippen LogP contribution < -0.4 is 16.0 Å². The number of nitrogens with zero attached hydrogens (tertiary/aromatic N) is 1. The predicted molar refractivity (Wildman–Crippen MR) is 69.2 cm³/mol. The summed E-state index contributed by atoms with van der Waals surface area (Å²) in [6.07, 6.45) is 5.94. The second kappa shape index (κ2) is 4.83. The summed E-state index contributed by atoms with van der Waals surface area (Å²) in [5.74, 6) is 5.30. The second-order valence-electron chi connectivity index (χ2n) is 4.69. The highest BCUT2D eigenvalue weighted by Crippen LogP contribution is 2.48. The Morgan fingerprint density at radius 3 is 2.78 bits per heavy atom. The Morgan fingerprint density at radius 1 is 1.50 bits per heavy atom. The van der Waals surface area contributed by atoms with Crippen LogP contribution in [0.25, 0.3) is 0 Å². The van der Waals surface area contributed by atoms with Gasteiger partial charge in [0, 0.05) is 18.9 Å². The first-order valence-corrected chi connectivity index (χ1v) is 7.42. The van der Waals surface area contributed by atoms with Crippen molar-refractivity contribution < 1.29 is 8.42 Å². The van der Waals surface area contributed by atoms with Gasteiger partial charge in [0.2, 0.25) is 10.0 Å². The fourth-order valence-corrected chi connectivity index (χ4v) is 3.14. The summed E-state index contributed by atoms with van der Waals surface area (Å²) in [6, 6.07) is 1.53. The highest BCUT2D eigenvalue weighted by atomic mass is 32.2. The van der Waals surface area contributed by atoms with Gasteiger partial charge in [-0.2, -0.15) is 0 Å². The van der Waals surface area contributed by atoms with Gasteiger partial charge in [-0.3, -0.25) is 10.8 Å². The van der Waals surface area contributed by atoms with Gasteiger partial charge in [-0.1, -0.05) is 6.92 Å². The third kappa shape index (κ3) is 2.63. The number of hydrazine groups is 1. The monoisotopic (exact) mass is 270 g/mol. The summed E-state index contributed by atoms with van der Waals surface area (Å²) in [5.41, 5.74) is 2.87. The minimum Gasteiger partial charge on any atom is -0.323 e. The van der Waals surface area contributed by atoms with Gasteiger partial charge in [0.25, 0.3) is 0 Å². The van der Waals surface area contributed by atoms with Crippen molar-refractivity contribution in [1.82, 2.24) is 9.71 Å². The van der Waals surface area contributed by atoms with Gasteiger partial charge >= 0.3 is 0 Å². The number of nitrogens with two attached hydrogens (primary N) is 1. The van der Waals surface area contributed by atoms with Crippen LogP contribution in [0.4, 0.5) is 5.69 Å². The lowest BCUT2D eigenvalue weighted by molar-refractivity contribution is 0.475. The predicted octanol–water partition coefficient (Wildman–Crippen LogP) is 0.836. The Hall–Kier alpha value is -1.18. The highest BCUT2D eigenvalue weighted by molar-refractivity contribution is 7.89. The molecule has 0 bridgehead atoms. The van der Waals surface area contributed by atoms with Gasteiger partial charge in [-0.05, 0) is 30.7 Å². The van der Waals surface area contributed by atoms with Crippen LogP contribution in [0.3, 0.4) is 0 Å². The molecule has 1 saturated carbocycles. The van der Waals surface area contributed by atoms with Crippen molar-refractivity contribution in [3.05, 3.63) is 18.5 Å². The Labute approximate surface area is 107 Å². The number of pyridine rings is 1. The first kappa shape index (κ1) is 13.3. The summed E-state index contributed by atoms with van der Waals surface area (Å²) in [6.45, 7) is 2.56. The first-order chi connectivity index (χ1) is 8.53. The topological polar surface area (TPSA) is 97.1 Å². The van der Waals surface area contributed by atoms with Gasteiger partial charge in [0.15, 0.2) is 0 Å². The molecule has 1 heterocycles. The number of aromatic nitrogens is 1. The zero-order chi connectivity index (χ0) is 13.2. The molecule has 0 amide bonds. The van der Waals surface area contributed by atoms with Crippen LogP contribution in [0.5, 0.6) is 0 Å². The van der Waals surface area contributed by atoms with Crippen molar-refractivity contribution in [2.45, 2.75) is 31.1 Å². The average Bonchev–Trinajstić information content (AvgIpc) is 3.17. The fraction of sp³-hybridized carbons (Fsp3) is 0.545. The van der Waals surface area contributed by atoms with E-state index in [4.69, 9.17) is 5.84 Å². The summed E-state index contributed by atoms with van der Waals surface area (Å²) in [4.78, 5) is 3.91. The smallest absolute Gasteiger partial charge is 0.244 e. The van der Waals surface area contributed by atoms with E-state index in [1.807, 2.05) is 0 Å². The highest BCUT2D eigenvalue weighted by Gasteiger charge is 2.41.